The summed E-state index contributed by atoms with van der Waals surface area (Å²) < 4.78 is 52.3. The van der Waals surface area contributed by atoms with E-state index in [2.05, 4.69) is 15.3 Å². The fourth-order valence-corrected chi connectivity index (χ4v) is 2.39. The van der Waals surface area contributed by atoms with Gasteiger partial charge in [-0.3, -0.25) is 14.6 Å². The Balaban J connectivity index is 2.33. The summed E-state index contributed by atoms with van der Waals surface area (Å²) >= 11 is 0. The van der Waals surface area contributed by atoms with Crippen LogP contribution in [0, 0.1) is 5.82 Å². The van der Waals surface area contributed by atoms with Crippen LogP contribution in [-0.4, -0.2) is 30.0 Å². The van der Waals surface area contributed by atoms with Gasteiger partial charge in [-0.25, -0.2) is 9.37 Å². The molecular formula is C17H18F4N4O2. The molecule has 0 radical (unpaired) electrons. The van der Waals surface area contributed by atoms with Gasteiger partial charge in [-0.1, -0.05) is 6.07 Å². The molecule has 1 aromatic heterocycles. The first kappa shape index (κ1) is 20.4. The number of carbonyl (C=O) groups excluding carboxylic acids is 1. The third-order valence-corrected chi connectivity index (χ3v) is 3.78. The Kier molecular flexibility index (Phi) is 5.30. The normalized spacial score (nSPS) is 12.0. The van der Waals surface area contributed by atoms with Gasteiger partial charge in [-0.2, -0.15) is 13.2 Å². The number of nitrogens with zero attached hydrogens (tertiary/aromatic N) is 2. The quantitative estimate of drug-likeness (QED) is 0.792. The first-order valence-electron chi connectivity index (χ1n) is 7.79. The van der Waals surface area contributed by atoms with Crippen molar-refractivity contribution in [3.05, 3.63) is 57.3 Å². The van der Waals surface area contributed by atoms with Crippen molar-refractivity contribution in [1.82, 2.24) is 15.3 Å². The van der Waals surface area contributed by atoms with Crippen LogP contribution in [-0.2, 0) is 11.7 Å². The van der Waals surface area contributed by atoms with Crippen molar-refractivity contribution < 1.29 is 22.4 Å². The molecule has 1 heterocycles. The number of halogens is 4. The Morgan fingerprint density at radius 2 is 1.81 bits per heavy atom. The van der Waals surface area contributed by atoms with E-state index in [9.17, 15) is 27.2 Å². The van der Waals surface area contributed by atoms with E-state index in [1.165, 1.54) is 18.7 Å². The average molecular weight is 386 g/mol. The Morgan fingerprint density at radius 3 is 2.33 bits per heavy atom. The van der Waals surface area contributed by atoms with Crippen molar-refractivity contribution in [1.29, 1.82) is 0 Å². The minimum Gasteiger partial charge on any atom is -0.348 e. The fraction of sp³-hybridized carbons (Fsp3) is 0.353. The molecule has 2 N–H and O–H groups in total. The lowest BCUT2D eigenvalue weighted by atomic mass is 9.92. The zero-order valence-corrected chi connectivity index (χ0v) is 15.0. The molecular weight excluding hydrogens is 368 g/mol. The predicted octanol–water partition coefficient (Wildman–Crippen LogP) is 2.66. The molecule has 0 unspecified atom stereocenters. The number of aromatic amines is 1. The van der Waals surface area contributed by atoms with Gasteiger partial charge in [0.1, 0.15) is 11.5 Å². The van der Waals surface area contributed by atoms with Crippen molar-refractivity contribution in [3.8, 4) is 0 Å². The van der Waals surface area contributed by atoms with Gasteiger partial charge in [0.25, 0.3) is 11.5 Å². The number of hydrogen-bond acceptors (Lipinski definition) is 4. The highest BCUT2D eigenvalue weighted by Gasteiger charge is 2.33. The summed E-state index contributed by atoms with van der Waals surface area (Å²) in [6, 6.07) is 3.05. The lowest BCUT2D eigenvalue weighted by Gasteiger charge is -2.27. The smallest absolute Gasteiger partial charge is 0.348 e. The molecule has 1 amide bonds. The number of aromatic nitrogens is 2. The lowest BCUT2D eigenvalue weighted by Crippen LogP contribution is -2.42. The molecule has 0 aliphatic heterocycles. The third kappa shape index (κ3) is 4.63. The molecule has 10 heteroatoms. The van der Waals surface area contributed by atoms with E-state index in [0.29, 0.717) is 6.07 Å². The number of alkyl halides is 3. The number of benzene rings is 1. The molecule has 0 spiro atoms. The fourth-order valence-electron chi connectivity index (χ4n) is 2.39. The van der Waals surface area contributed by atoms with E-state index in [0.717, 1.165) is 18.2 Å². The maximum absolute atomic E-state index is 14.2. The van der Waals surface area contributed by atoms with Gasteiger partial charge in [-0.15, -0.1) is 0 Å². The molecule has 0 aliphatic carbocycles. The zero-order valence-electron chi connectivity index (χ0n) is 15.0. The van der Waals surface area contributed by atoms with Crippen molar-refractivity contribution in [2.75, 3.05) is 19.0 Å². The highest BCUT2D eigenvalue weighted by Crippen LogP contribution is 2.32. The van der Waals surface area contributed by atoms with Crippen LogP contribution >= 0.6 is 0 Å². The highest BCUT2D eigenvalue weighted by atomic mass is 19.4. The molecule has 0 saturated carbocycles. The van der Waals surface area contributed by atoms with Crippen molar-refractivity contribution in [2.24, 2.45) is 0 Å². The van der Waals surface area contributed by atoms with Crippen LogP contribution in [0.1, 0.15) is 35.5 Å². The number of amides is 1. The van der Waals surface area contributed by atoms with Crippen LogP contribution < -0.4 is 15.8 Å². The van der Waals surface area contributed by atoms with Crippen LogP contribution in [0.2, 0.25) is 0 Å². The topological polar surface area (TPSA) is 78.1 Å². The number of H-pyrrole nitrogens is 1. The molecule has 0 fully saturated rings. The Labute approximate surface area is 152 Å². The first-order chi connectivity index (χ1) is 12.3. The minimum atomic E-state index is -4.68. The molecule has 27 heavy (non-hydrogen) atoms. The van der Waals surface area contributed by atoms with E-state index in [1.54, 1.807) is 14.1 Å². The third-order valence-electron chi connectivity index (χ3n) is 3.78. The van der Waals surface area contributed by atoms with E-state index < -0.39 is 34.6 Å². The van der Waals surface area contributed by atoms with E-state index in [1.807, 2.05) is 0 Å². The molecule has 2 rings (SSSR count). The van der Waals surface area contributed by atoms with Gasteiger partial charge in [-0.05, 0) is 26.0 Å². The van der Waals surface area contributed by atoms with Gasteiger partial charge in [0.15, 0.2) is 0 Å². The standard InChI is InChI=1S/C17H18F4N4O2/c1-16(2,10-6-5-9(7-11(10)18)17(19,20)21)24-14(27)12-8-13(26)23-15(22-12)25(3)4/h5-8H,1-4H3,(H,24,27)(H,22,23,26). The number of hydrogen-bond donors (Lipinski definition) is 2. The van der Waals surface area contributed by atoms with Crippen LogP contribution in [0.4, 0.5) is 23.5 Å². The Bertz CT molecular complexity index is 920. The summed E-state index contributed by atoms with van der Waals surface area (Å²) in [6.45, 7) is 2.85. The van der Waals surface area contributed by atoms with Crippen molar-refractivity contribution in [2.45, 2.75) is 25.6 Å². The second-order valence-electron chi connectivity index (χ2n) is 6.62. The summed E-state index contributed by atoms with van der Waals surface area (Å²) in [5.74, 6) is -1.73. The van der Waals surface area contributed by atoms with Gasteiger partial charge >= 0.3 is 6.18 Å². The SMILES string of the molecule is CN(C)c1nc(C(=O)NC(C)(C)c2ccc(C(F)(F)F)cc2F)cc(=O)[nH]1. The number of nitrogens with one attached hydrogen (secondary N) is 2. The van der Waals surface area contributed by atoms with Gasteiger partial charge < -0.3 is 10.2 Å². The first-order valence-corrected chi connectivity index (χ1v) is 7.79. The van der Waals surface area contributed by atoms with Crippen molar-refractivity contribution >= 4 is 11.9 Å². The van der Waals surface area contributed by atoms with Gasteiger partial charge in [0.2, 0.25) is 5.95 Å². The molecule has 0 bridgehead atoms. The summed E-state index contributed by atoms with van der Waals surface area (Å²) in [4.78, 5) is 32.0. The van der Waals surface area contributed by atoms with Crippen LogP contribution in [0.25, 0.3) is 0 Å². The zero-order chi connectivity index (χ0) is 20.6. The molecule has 0 aliphatic rings. The second kappa shape index (κ2) is 7.01. The lowest BCUT2D eigenvalue weighted by molar-refractivity contribution is -0.137. The van der Waals surface area contributed by atoms with Crippen LogP contribution in [0.15, 0.2) is 29.1 Å². The maximum Gasteiger partial charge on any atom is 0.416 e. The average Bonchev–Trinajstić information content (AvgIpc) is 2.52. The van der Waals surface area contributed by atoms with Crippen molar-refractivity contribution in [3.63, 3.8) is 0 Å². The monoisotopic (exact) mass is 386 g/mol. The Hall–Kier alpha value is -2.91. The largest absolute Gasteiger partial charge is 0.416 e. The number of rotatable bonds is 4. The molecule has 146 valence electrons. The van der Waals surface area contributed by atoms with Gasteiger partial charge in [0, 0.05) is 25.7 Å². The molecule has 6 nitrogen and oxygen atoms in total. The minimum absolute atomic E-state index is 0.137. The van der Waals surface area contributed by atoms with Crippen LogP contribution in [0.5, 0.6) is 0 Å². The molecule has 0 atom stereocenters. The second-order valence-corrected chi connectivity index (χ2v) is 6.62. The summed E-state index contributed by atoms with van der Waals surface area (Å²) in [5, 5.41) is 2.49. The molecule has 1 aromatic carbocycles. The summed E-state index contributed by atoms with van der Waals surface area (Å²) in [5.41, 5.74) is -3.38. The Morgan fingerprint density at radius 1 is 1.19 bits per heavy atom. The van der Waals surface area contributed by atoms with Gasteiger partial charge in [0.05, 0.1) is 11.1 Å². The maximum atomic E-state index is 14.2. The van der Waals surface area contributed by atoms with E-state index in [4.69, 9.17) is 0 Å². The summed E-state index contributed by atoms with van der Waals surface area (Å²) in [7, 11) is 3.23. The van der Waals surface area contributed by atoms with E-state index >= 15 is 0 Å². The van der Waals surface area contributed by atoms with Crippen LogP contribution in [0.3, 0.4) is 0 Å². The predicted molar refractivity (Wildman–Crippen MR) is 91.1 cm³/mol. The molecule has 2 aromatic rings. The summed E-state index contributed by atoms with van der Waals surface area (Å²) in [6.07, 6.45) is -4.68. The number of anilines is 1. The highest BCUT2D eigenvalue weighted by molar-refractivity contribution is 5.93. The van der Waals surface area contributed by atoms with E-state index in [-0.39, 0.29) is 17.2 Å². The number of carbonyl (C=O) groups is 1. The molecule has 0 saturated heterocycles.